The molecule has 2 N–H and O–H groups in total. The van der Waals surface area contributed by atoms with Gasteiger partial charge in [-0.15, -0.1) is 0 Å². The van der Waals surface area contributed by atoms with Crippen LogP contribution in [0.15, 0.2) is 0 Å². The molecule has 0 rings (SSSR count). The van der Waals surface area contributed by atoms with Crippen molar-refractivity contribution in [2.24, 2.45) is 5.73 Å². The summed E-state index contributed by atoms with van der Waals surface area (Å²) in [6, 6.07) is 0.318. The van der Waals surface area contributed by atoms with Crippen molar-refractivity contribution in [1.29, 1.82) is 0 Å². The van der Waals surface area contributed by atoms with E-state index >= 15 is 0 Å². The number of hydrogen-bond acceptors (Lipinski definition) is 5. The number of ether oxygens (including phenoxy) is 2. The van der Waals surface area contributed by atoms with E-state index in [0.29, 0.717) is 25.7 Å². The molecule has 5 nitrogen and oxygen atoms in total. The molecule has 0 aliphatic rings. The maximum Gasteiger partial charge on any atom is 0.325 e. The first kappa shape index (κ1) is 17.4. The predicted octanol–water partition coefficient (Wildman–Crippen LogP) is 1.01. The van der Waals surface area contributed by atoms with E-state index in [-0.39, 0.29) is 5.97 Å². The van der Waals surface area contributed by atoms with Crippen molar-refractivity contribution in [2.75, 3.05) is 33.4 Å². The minimum Gasteiger partial charge on any atom is -0.465 e. The number of hydrogen-bond donors (Lipinski definition) is 1. The number of carbonyl (C=O) groups is 1. The Morgan fingerprint density at radius 3 is 2.50 bits per heavy atom. The van der Waals surface area contributed by atoms with Gasteiger partial charge in [0, 0.05) is 19.7 Å². The summed E-state index contributed by atoms with van der Waals surface area (Å²) in [4.78, 5) is 13.9. The number of esters is 1. The van der Waals surface area contributed by atoms with Crippen molar-refractivity contribution in [2.45, 2.75) is 45.7 Å². The first-order chi connectivity index (χ1) is 8.38. The highest BCUT2D eigenvalue weighted by Gasteiger charge is 2.30. The van der Waals surface area contributed by atoms with Gasteiger partial charge < -0.3 is 15.2 Å². The van der Waals surface area contributed by atoms with Crippen LogP contribution in [0.4, 0.5) is 0 Å². The fourth-order valence-electron chi connectivity index (χ4n) is 1.81. The molecule has 0 saturated carbocycles. The SMILES string of the molecule is CCOC(=O)C(C)(N)CCN(CC)C(C)COC. The van der Waals surface area contributed by atoms with Gasteiger partial charge in [0.1, 0.15) is 5.54 Å². The van der Waals surface area contributed by atoms with Gasteiger partial charge in [-0.1, -0.05) is 6.92 Å². The minimum atomic E-state index is -0.920. The third kappa shape index (κ3) is 5.80. The van der Waals surface area contributed by atoms with Crippen LogP contribution in [0.5, 0.6) is 0 Å². The zero-order valence-corrected chi connectivity index (χ0v) is 12.4. The van der Waals surface area contributed by atoms with Crippen LogP contribution in [0.25, 0.3) is 0 Å². The van der Waals surface area contributed by atoms with E-state index < -0.39 is 5.54 Å². The van der Waals surface area contributed by atoms with Crippen LogP contribution >= 0.6 is 0 Å². The standard InChI is InChI=1S/C13H28N2O3/c1-6-15(11(3)10-17-5)9-8-13(4,14)12(16)18-7-2/h11H,6-10,14H2,1-5H3. The van der Waals surface area contributed by atoms with E-state index in [1.165, 1.54) is 0 Å². The molecule has 18 heavy (non-hydrogen) atoms. The van der Waals surface area contributed by atoms with Crippen molar-refractivity contribution < 1.29 is 14.3 Å². The van der Waals surface area contributed by atoms with Gasteiger partial charge in [-0.05, 0) is 33.7 Å². The molecule has 0 fully saturated rings. The molecule has 0 radical (unpaired) electrons. The average Bonchev–Trinajstić information content (AvgIpc) is 2.30. The second-order valence-electron chi connectivity index (χ2n) is 4.82. The lowest BCUT2D eigenvalue weighted by Gasteiger charge is -2.30. The number of nitrogens with zero attached hydrogens (tertiary/aromatic N) is 1. The van der Waals surface area contributed by atoms with Gasteiger partial charge >= 0.3 is 5.97 Å². The summed E-state index contributed by atoms with van der Waals surface area (Å²) in [6.45, 7) is 10.4. The summed E-state index contributed by atoms with van der Waals surface area (Å²) in [5.41, 5.74) is 5.07. The molecule has 0 aromatic carbocycles. The van der Waals surface area contributed by atoms with E-state index in [0.717, 1.165) is 13.1 Å². The number of rotatable bonds is 9. The molecule has 0 aliphatic carbocycles. The lowest BCUT2D eigenvalue weighted by molar-refractivity contribution is -0.149. The van der Waals surface area contributed by atoms with Crippen LogP contribution < -0.4 is 5.73 Å². The zero-order chi connectivity index (χ0) is 14.2. The Morgan fingerprint density at radius 1 is 1.44 bits per heavy atom. The van der Waals surface area contributed by atoms with Gasteiger partial charge in [0.25, 0.3) is 0 Å². The second kappa shape index (κ2) is 8.45. The Bertz CT molecular complexity index is 244. The Morgan fingerprint density at radius 2 is 2.06 bits per heavy atom. The number of likely N-dealkylation sites (N-methyl/N-ethyl adjacent to an activating group) is 1. The van der Waals surface area contributed by atoms with Crippen molar-refractivity contribution in [1.82, 2.24) is 4.90 Å². The van der Waals surface area contributed by atoms with E-state index in [2.05, 4.69) is 18.7 Å². The average molecular weight is 260 g/mol. The van der Waals surface area contributed by atoms with E-state index in [1.807, 2.05) is 0 Å². The molecule has 2 unspecified atom stereocenters. The molecule has 108 valence electrons. The summed E-state index contributed by atoms with van der Waals surface area (Å²) in [7, 11) is 1.69. The Labute approximate surface area is 111 Å². The molecule has 5 heteroatoms. The summed E-state index contributed by atoms with van der Waals surface area (Å²) in [6.07, 6.45) is 0.577. The maximum atomic E-state index is 11.7. The van der Waals surface area contributed by atoms with Crippen LogP contribution in [0.2, 0.25) is 0 Å². The smallest absolute Gasteiger partial charge is 0.325 e. The van der Waals surface area contributed by atoms with E-state index in [1.54, 1.807) is 21.0 Å². The first-order valence-corrected chi connectivity index (χ1v) is 6.58. The third-order valence-electron chi connectivity index (χ3n) is 3.10. The highest BCUT2D eigenvalue weighted by atomic mass is 16.5. The molecule has 0 aromatic rings. The Balaban J connectivity index is 4.29. The van der Waals surface area contributed by atoms with Gasteiger partial charge in [0.15, 0.2) is 0 Å². The second-order valence-corrected chi connectivity index (χ2v) is 4.82. The predicted molar refractivity (Wildman–Crippen MR) is 72.4 cm³/mol. The maximum absolute atomic E-state index is 11.7. The van der Waals surface area contributed by atoms with Gasteiger partial charge in [-0.2, -0.15) is 0 Å². The molecular weight excluding hydrogens is 232 g/mol. The molecular formula is C13H28N2O3. The number of nitrogens with two attached hydrogens (primary N) is 1. The van der Waals surface area contributed by atoms with Crippen LogP contribution in [0.3, 0.4) is 0 Å². The summed E-state index contributed by atoms with van der Waals surface area (Å²) >= 11 is 0. The van der Waals surface area contributed by atoms with E-state index in [9.17, 15) is 4.79 Å². The van der Waals surface area contributed by atoms with Gasteiger partial charge in [0.05, 0.1) is 13.2 Å². The van der Waals surface area contributed by atoms with Gasteiger partial charge in [-0.25, -0.2) is 0 Å². The van der Waals surface area contributed by atoms with Crippen LogP contribution in [-0.4, -0.2) is 55.9 Å². The van der Waals surface area contributed by atoms with Crippen molar-refractivity contribution >= 4 is 5.97 Å². The normalized spacial score (nSPS) is 16.4. The van der Waals surface area contributed by atoms with Crippen molar-refractivity contribution in [3.63, 3.8) is 0 Å². The lowest BCUT2D eigenvalue weighted by Crippen LogP contribution is -2.49. The summed E-state index contributed by atoms with van der Waals surface area (Å²) < 4.78 is 10.1. The molecule has 0 heterocycles. The minimum absolute atomic E-state index is 0.318. The largest absolute Gasteiger partial charge is 0.465 e. The molecule has 0 aromatic heterocycles. The molecule has 0 aliphatic heterocycles. The Kier molecular flexibility index (Phi) is 8.15. The van der Waals surface area contributed by atoms with Crippen LogP contribution in [0, 0.1) is 0 Å². The topological polar surface area (TPSA) is 64.8 Å². The monoisotopic (exact) mass is 260 g/mol. The first-order valence-electron chi connectivity index (χ1n) is 6.58. The Hall–Kier alpha value is -0.650. The number of carbonyl (C=O) groups excluding carboxylic acids is 1. The highest BCUT2D eigenvalue weighted by molar-refractivity contribution is 5.79. The molecule has 0 amide bonds. The van der Waals surface area contributed by atoms with E-state index in [4.69, 9.17) is 15.2 Å². The fraction of sp³-hybridized carbons (Fsp3) is 0.923. The lowest BCUT2D eigenvalue weighted by atomic mass is 9.99. The summed E-state index contributed by atoms with van der Waals surface area (Å²) in [5, 5.41) is 0. The fourth-order valence-corrected chi connectivity index (χ4v) is 1.81. The van der Waals surface area contributed by atoms with Crippen LogP contribution in [0.1, 0.15) is 34.1 Å². The molecule has 2 atom stereocenters. The quantitative estimate of drug-likeness (QED) is 0.627. The van der Waals surface area contributed by atoms with Crippen molar-refractivity contribution in [3.05, 3.63) is 0 Å². The van der Waals surface area contributed by atoms with Gasteiger partial charge in [-0.3, -0.25) is 9.69 Å². The van der Waals surface area contributed by atoms with Crippen molar-refractivity contribution in [3.8, 4) is 0 Å². The molecule has 0 spiro atoms. The van der Waals surface area contributed by atoms with Crippen LogP contribution in [-0.2, 0) is 14.3 Å². The van der Waals surface area contributed by atoms with Gasteiger partial charge in [0.2, 0.25) is 0 Å². The highest BCUT2D eigenvalue weighted by Crippen LogP contribution is 2.11. The third-order valence-corrected chi connectivity index (χ3v) is 3.10. The number of methoxy groups -OCH3 is 1. The molecule has 0 bridgehead atoms. The summed E-state index contributed by atoms with van der Waals surface area (Å²) in [5.74, 6) is -0.333. The zero-order valence-electron chi connectivity index (χ0n) is 12.4. The molecule has 0 saturated heterocycles.